The molecule has 1 aromatic rings. The predicted molar refractivity (Wildman–Crippen MR) is 70.8 cm³/mol. The molecule has 1 aliphatic heterocycles. The molecule has 106 valence electrons. The molecule has 7 heteroatoms. The molecule has 1 aromatic carbocycles. The first-order valence-corrected chi connectivity index (χ1v) is 5.79. The van der Waals surface area contributed by atoms with Gasteiger partial charge < -0.3 is 9.64 Å². The van der Waals surface area contributed by atoms with E-state index >= 15 is 0 Å². The van der Waals surface area contributed by atoms with Crippen LogP contribution < -0.4 is 9.75 Å². The number of ether oxygens (including phenoxy) is 1. The number of hydrazone groups is 1. The van der Waals surface area contributed by atoms with Crippen LogP contribution in [0.5, 0.6) is 5.75 Å². The van der Waals surface area contributed by atoms with E-state index in [4.69, 9.17) is 0 Å². The van der Waals surface area contributed by atoms with Gasteiger partial charge in [-0.2, -0.15) is 18.9 Å². The molecule has 1 heterocycles. The zero-order valence-electron chi connectivity index (χ0n) is 11.0. The molecule has 0 radical (unpaired) electrons. The average molecular weight is 281 g/mol. The smallest absolute Gasteiger partial charge is 0.387 e. The third-order valence-corrected chi connectivity index (χ3v) is 2.44. The molecule has 5 nitrogen and oxygen atoms in total. The summed E-state index contributed by atoms with van der Waals surface area (Å²) in [4.78, 5) is 13.8. The van der Waals surface area contributed by atoms with Gasteiger partial charge in [0.15, 0.2) is 0 Å². The summed E-state index contributed by atoms with van der Waals surface area (Å²) in [6.07, 6.45) is 3.05. The number of benzene rings is 1. The second kappa shape index (κ2) is 5.68. The fourth-order valence-electron chi connectivity index (χ4n) is 1.69. The van der Waals surface area contributed by atoms with Crippen molar-refractivity contribution in [2.24, 2.45) is 5.10 Å². The minimum atomic E-state index is -2.91. The Labute approximate surface area is 114 Å². The summed E-state index contributed by atoms with van der Waals surface area (Å²) in [5.74, 6) is -0.349. The predicted octanol–water partition coefficient (Wildman–Crippen LogP) is 2.07. The molecule has 0 saturated heterocycles. The standard InChI is InChI=1S/C13H13F2N3O2/c1-17(2)8-9-7-16-18(12(9)19)10-4-3-5-11(6-10)20-13(14)15/h3-8,13H,1-2H3. The highest BCUT2D eigenvalue weighted by Gasteiger charge is 2.24. The third kappa shape index (κ3) is 3.11. The molecule has 1 aliphatic rings. The number of hydrogen-bond donors (Lipinski definition) is 0. The minimum Gasteiger partial charge on any atom is -0.435 e. The van der Waals surface area contributed by atoms with Crippen molar-refractivity contribution < 1.29 is 18.3 Å². The Balaban J connectivity index is 2.22. The van der Waals surface area contributed by atoms with E-state index in [1.807, 2.05) is 0 Å². The van der Waals surface area contributed by atoms with Gasteiger partial charge in [0.25, 0.3) is 5.91 Å². The summed E-state index contributed by atoms with van der Waals surface area (Å²) in [5, 5.41) is 5.10. The molecule has 0 saturated carbocycles. The first-order chi connectivity index (χ1) is 9.47. The van der Waals surface area contributed by atoms with Gasteiger partial charge >= 0.3 is 6.61 Å². The van der Waals surface area contributed by atoms with Crippen LogP contribution in [0.3, 0.4) is 0 Å². The molecule has 0 aliphatic carbocycles. The van der Waals surface area contributed by atoms with Crippen molar-refractivity contribution in [3.05, 3.63) is 36.0 Å². The molecule has 0 bridgehead atoms. The second-order valence-corrected chi connectivity index (χ2v) is 4.29. The molecule has 0 N–H and O–H groups in total. The molecule has 0 fully saturated rings. The number of hydrogen-bond acceptors (Lipinski definition) is 4. The van der Waals surface area contributed by atoms with E-state index in [0.717, 1.165) is 5.01 Å². The third-order valence-electron chi connectivity index (χ3n) is 2.44. The van der Waals surface area contributed by atoms with Crippen LogP contribution >= 0.6 is 0 Å². The van der Waals surface area contributed by atoms with E-state index in [1.165, 1.54) is 24.4 Å². The van der Waals surface area contributed by atoms with Crippen LogP contribution in [-0.4, -0.2) is 37.7 Å². The zero-order chi connectivity index (χ0) is 14.7. The average Bonchev–Trinajstić information content (AvgIpc) is 2.70. The number of amides is 1. The largest absolute Gasteiger partial charge is 0.435 e. The Morgan fingerprint density at radius 3 is 2.80 bits per heavy atom. The fourth-order valence-corrected chi connectivity index (χ4v) is 1.69. The summed E-state index contributed by atoms with van der Waals surface area (Å²) < 4.78 is 28.6. The number of carbonyl (C=O) groups is 1. The normalized spacial score (nSPS) is 16.4. The fraction of sp³-hybridized carbons (Fsp3) is 0.231. The lowest BCUT2D eigenvalue weighted by Gasteiger charge is -2.13. The summed E-state index contributed by atoms with van der Waals surface area (Å²) in [5.41, 5.74) is 0.779. The Hall–Kier alpha value is -2.44. The van der Waals surface area contributed by atoms with Crippen LogP contribution in [0.4, 0.5) is 14.5 Å². The van der Waals surface area contributed by atoms with Crippen LogP contribution in [0.15, 0.2) is 41.1 Å². The van der Waals surface area contributed by atoms with Gasteiger partial charge in [0.1, 0.15) is 5.75 Å². The van der Waals surface area contributed by atoms with E-state index < -0.39 is 6.61 Å². The molecular weight excluding hydrogens is 268 g/mol. The van der Waals surface area contributed by atoms with Gasteiger partial charge in [0.2, 0.25) is 0 Å². The van der Waals surface area contributed by atoms with Gasteiger partial charge in [-0.05, 0) is 12.1 Å². The summed E-state index contributed by atoms with van der Waals surface area (Å²) in [6, 6.07) is 5.83. The number of anilines is 1. The van der Waals surface area contributed by atoms with Crippen LogP contribution in [-0.2, 0) is 4.79 Å². The van der Waals surface area contributed by atoms with E-state index in [1.54, 1.807) is 31.3 Å². The molecule has 0 atom stereocenters. The van der Waals surface area contributed by atoms with Crippen LogP contribution in [0.2, 0.25) is 0 Å². The van der Waals surface area contributed by atoms with Crippen molar-refractivity contribution in [2.75, 3.05) is 19.1 Å². The van der Waals surface area contributed by atoms with Gasteiger partial charge in [-0.3, -0.25) is 4.79 Å². The van der Waals surface area contributed by atoms with Gasteiger partial charge in [-0.1, -0.05) is 6.07 Å². The first kappa shape index (κ1) is 14.0. The molecule has 0 spiro atoms. The zero-order valence-corrected chi connectivity index (χ0v) is 11.0. The number of halogens is 2. The Kier molecular flexibility index (Phi) is 3.97. The lowest BCUT2D eigenvalue weighted by atomic mass is 10.2. The summed E-state index contributed by atoms with van der Waals surface area (Å²) in [6.45, 7) is -2.91. The SMILES string of the molecule is CN(C)C=C1C=NN(c2cccc(OC(F)F)c2)C1=O. The topological polar surface area (TPSA) is 45.1 Å². The van der Waals surface area contributed by atoms with E-state index in [9.17, 15) is 13.6 Å². The van der Waals surface area contributed by atoms with Crippen molar-refractivity contribution in [2.45, 2.75) is 6.61 Å². The Bertz CT molecular complexity index is 570. The monoisotopic (exact) mass is 281 g/mol. The number of nitrogens with zero attached hydrogens (tertiary/aromatic N) is 3. The summed E-state index contributed by atoms with van der Waals surface area (Å²) >= 11 is 0. The van der Waals surface area contributed by atoms with Gasteiger partial charge in [-0.15, -0.1) is 0 Å². The lowest BCUT2D eigenvalue weighted by molar-refractivity contribution is -0.114. The van der Waals surface area contributed by atoms with Gasteiger partial charge in [0, 0.05) is 26.4 Å². The van der Waals surface area contributed by atoms with E-state index in [0.29, 0.717) is 11.3 Å². The van der Waals surface area contributed by atoms with Crippen molar-refractivity contribution in [3.8, 4) is 5.75 Å². The highest BCUT2D eigenvalue weighted by atomic mass is 19.3. The number of rotatable bonds is 4. The quantitative estimate of drug-likeness (QED) is 0.794. The minimum absolute atomic E-state index is 0.0226. The van der Waals surface area contributed by atoms with Crippen molar-refractivity contribution in [1.29, 1.82) is 0 Å². The molecular formula is C13H13F2N3O2. The summed E-state index contributed by atoms with van der Waals surface area (Å²) in [7, 11) is 3.57. The van der Waals surface area contributed by atoms with E-state index in [2.05, 4.69) is 9.84 Å². The van der Waals surface area contributed by atoms with Crippen molar-refractivity contribution in [1.82, 2.24) is 4.90 Å². The van der Waals surface area contributed by atoms with Crippen LogP contribution in [0.1, 0.15) is 0 Å². The van der Waals surface area contributed by atoms with Crippen LogP contribution in [0, 0.1) is 0 Å². The first-order valence-electron chi connectivity index (χ1n) is 5.79. The number of carbonyl (C=O) groups excluding carboxylic acids is 1. The number of alkyl halides is 2. The maximum absolute atomic E-state index is 12.2. The highest BCUT2D eigenvalue weighted by Crippen LogP contribution is 2.25. The van der Waals surface area contributed by atoms with Gasteiger partial charge in [-0.25, -0.2) is 0 Å². The van der Waals surface area contributed by atoms with E-state index in [-0.39, 0.29) is 11.7 Å². The molecule has 0 aromatic heterocycles. The van der Waals surface area contributed by atoms with Gasteiger partial charge in [0.05, 0.1) is 17.5 Å². The van der Waals surface area contributed by atoms with Crippen LogP contribution in [0.25, 0.3) is 0 Å². The molecule has 20 heavy (non-hydrogen) atoms. The highest BCUT2D eigenvalue weighted by molar-refractivity contribution is 6.22. The maximum atomic E-state index is 12.2. The van der Waals surface area contributed by atoms with Crippen molar-refractivity contribution >= 4 is 17.8 Å². The Morgan fingerprint density at radius 1 is 1.40 bits per heavy atom. The Morgan fingerprint density at radius 2 is 2.15 bits per heavy atom. The second-order valence-electron chi connectivity index (χ2n) is 4.29. The maximum Gasteiger partial charge on any atom is 0.387 e. The molecule has 1 amide bonds. The van der Waals surface area contributed by atoms with Crippen molar-refractivity contribution in [3.63, 3.8) is 0 Å². The molecule has 2 rings (SSSR count). The lowest BCUT2D eigenvalue weighted by Crippen LogP contribution is -2.22. The molecule has 0 unspecified atom stereocenters.